The Kier molecular flexibility index (Phi) is 5.82. The summed E-state index contributed by atoms with van der Waals surface area (Å²) in [4.78, 5) is 0. The van der Waals surface area contributed by atoms with Gasteiger partial charge in [-0.15, -0.1) is 0 Å². The predicted molar refractivity (Wildman–Crippen MR) is 86.1 cm³/mol. The molecule has 1 aliphatic carbocycles. The van der Waals surface area contributed by atoms with Crippen LogP contribution in [0.2, 0.25) is 0 Å². The molecular formula is C17H31N3O. The number of hydrogen-bond acceptors (Lipinski definition) is 3. The first-order chi connectivity index (χ1) is 10.0. The molecule has 4 nitrogen and oxygen atoms in total. The van der Waals surface area contributed by atoms with Crippen LogP contribution >= 0.6 is 0 Å². The zero-order valence-corrected chi connectivity index (χ0v) is 13.8. The standard InChI is InChI=1S/C17H31N3O/c1-17(2,3)16(10-12-21)18-13-14-9-11-20(19-14)15-7-5-4-6-8-15/h9,11,15-16,18,21H,4-8,10,12-13H2,1-3H3. The van der Waals surface area contributed by atoms with Crippen molar-refractivity contribution < 1.29 is 5.11 Å². The average Bonchev–Trinajstić information content (AvgIpc) is 2.92. The molecule has 1 unspecified atom stereocenters. The Bertz CT molecular complexity index is 416. The minimum Gasteiger partial charge on any atom is -0.396 e. The van der Waals surface area contributed by atoms with Crippen molar-refractivity contribution in [1.82, 2.24) is 15.1 Å². The van der Waals surface area contributed by atoms with Gasteiger partial charge in [-0.3, -0.25) is 4.68 Å². The van der Waals surface area contributed by atoms with Crippen LogP contribution in [0.15, 0.2) is 12.3 Å². The van der Waals surface area contributed by atoms with Gasteiger partial charge in [-0.25, -0.2) is 0 Å². The second-order valence-corrected chi connectivity index (χ2v) is 7.39. The van der Waals surface area contributed by atoms with E-state index in [0.29, 0.717) is 12.1 Å². The lowest BCUT2D eigenvalue weighted by molar-refractivity contribution is 0.196. The van der Waals surface area contributed by atoms with Gasteiger partial charge in [0.1, 0.15) is 0 Å². The van der Waals surface area contributed by atoms with Gasteiger partial charge in [-0.1, -0.05) is 40.0 Å². The predicted octanol–water partition coefficient (Wildman–Crippen LogP) is 3.28. The summed E-state index contributed by atoms with van der Waals surface area (Å²) in [7, 11) is 0. The lowest BCUT2D eigenvalue weighted by Crippen LogP contribution is -2.40. The number of nitrogens with one attached hydrogen (secondary N) is 1. The first kappa shape index (κ1) is 16.5. The molecule has 0 spiro atoms. The van der Waals surface area contributed by atoms with Crippen molar-refractivity contribution in [1.29, 1.82) is 0 Å². The Morgan fingerprint density at radius 3 is 2.67 bits per heavy atom. The Balaban J connectivity index is 1.89. The third-order valence-electron chi connectivity index (χ3n) is 4.61. The van der Waals surface area contributed by atoms with Crippen LogP contribution in [0, 0.1) is 5.41 Å². The largest absolute Gasteiger partial charge is 0.396 e. The molecule has 4 heteroatoms. The highest BCUT2D eigenvalue weighted by molar-refractivity contribution is 5.00. The van der Waals surface area contributed by atoms with E-state index in [2.05, 4.69) is 43.0 Å². The molecular weight excluding hydrogens is 262 g/mol. The van der Waals surface area contributed by atoms with Crippen LogP contribution < -0.4 is 5.32 Å². The molecule has 120 valence electrons. The maximum Gasteiger partial charge on any atom is 0.0762 e. The van der Waals surface area contributed by atoms with Crippen LogP contribution in [0.3, 0.4) is 0 Å². The summed E-state index contributed by atoms with van der Waals surface area (Å²) in [5.74, 6) is 0. The molecule has 1 aromatic heterocycles. The lowest BCUT2D eigenvalue weighted by Gasteiger charge is -2.31. The fraction of sp³-hybridized carbons (Fsp3) is 0.824. The molecule has 1 saturated carbocycles. The van der Waals surface area contributed by atoms with E-state index in [1.54, 1.807) is 0 Å². The number of rotatable bonds is 6. The van der Waals surface area contributed by atoms with Crippen molar-refractivity contribution in [3.8, 4) is 0 Å². The van der Waals surface area contributed by atoms with Gasteiger partial charge in [-0.05, 0) is 30.7 Å². The highest BCUT2D eigenvalue weighted by Crippen LogP contribution is 2.27. The molecule has 0 bridgehead atoms. The molecule has 1 atom stereocenters. The summed E-state index contributed by atoms with van der Waals surface area (Å²) >= 11 is 0. The van der Waals surface area contributed by atoms with Crippen molar-refractivity contribution in [2.24, 2.45) is 5.41 Å². The first-order valence-corrected chi connectivity index (χ1v) is 8.39. The van der Waals surface area contributed by atoms with Gasteiger partial charge in [-0.2, -0.15) is 5.10 Å². The number of aromatic nitrogens is 2. The van der Waals surface area contributed by atoms with Crippen LogP contribution in [0.25, 0.3) is 0 Å². The van der Waals surface area contributed by atoms with Crippen molar-refractivity contribution in [2.45, 2.75) is 77.9 Å². The van der Waals surface area contributed by atoms with Gasteiger partial charge in [0.25, 0.3) is 0 Å². The van der Waals surface area contributed by atoms with Crippen molar-refractivity contribution in [3.63, 3.8) is 0 Å². The number of aliphatic hydroxyl groups excluding tert-OH is 1. The van der Waals surface area contributed by atoms with Gasteiger partial charge in [0.15, 0.2) is 0 Å². The van der Waals surface area contributed by atoms with E-state index < -0.39 is 0 Å². The Hall–Kier alpha value is -0.870. The molecule has 0 radical (unpaired) electrons. The highest BCUT2D eigenvalue weighted by atomic mass is 16.3. The van der Waals surface area contributed by atoms with Crippen LogP contribution in [-0.4, -0.2) is 27.5 Å². The molecule has 1 aliphatic rings. The Morgan fingerprint density at radius 1 is 1.33 bits per heavy atom. The summed E-state index contributed by atoms with van der Waals surface area (Å²) in [6.45, 7) is 7.63. The maximum atomic E-state index is 9.21. The quantitative estimate of drug-likeness (QED) is 0.846. The van der Waals surface area contributed by atoms with E-state index in [9.17, 15) is 5.11 Å². The van der Waals surface area contributed by atoms with Crippen LogP contribution in [-0.2, 0) is 6.54 Å². The van der Waals surface area contributed by atoms with E-state index in [1.807, 2.05) is 0 Å². The number of nitrogens with zero attached hydrogens (tertiary/aromatic N) is 2. The summed E-state index contributed by atoms with van der Waals surface area (Å²) in [5.41, 5.74) is 1.25. The fourth-order valence-corrected chi connectivity index (χ4v) is 3.22. The maximum absolute atomic E-state index is 9.21. The van der Waals surface area contributed by atoms with Gasteiger partial charge in [0, 0.05) is 25.4 Å². The van der Waals surface area contributed by atoms with Crippen molar-refractivity contribution in [3.05, 3.63) is 18.0 Å². The molecule has 1 heterocycles. The van der Waals surface area contributed by atoms with E-state index in [0.717, 1.165) is 18.7 Å². The van der Waals surface area contributed by atoms with Gasteiger partial charge >= 0.3 is 0 Å². The van der Waals surface area contributed by atoms with E-state index in [4.69, 9.17) is 5.10 Å². The Morgan fingerprint density at radius 2 is 2.05 bits per heavy atom. The van der Waals surface area contributed by atoms with Gasteiger partial charge in [0.05, 0.1) is 11.7 Å². The third-order valence-corrected chi connectivity index (χ3v) is 4.61. The zero-order chi connectivity index (χ0) is 15.3. The number of hydrogen-bond donors (Lipinski definition) is 2. The lowest BCUT2D eigenvalue weighted by atomic mass is 9.85. The van der Waals surface area contributed by atoms with Crippen molar-refractivity contribution in [2.75, 3.05) is 6.61 Å². The third kappa shape index (κ3) is 4.82. The summed E-state index contributed by atoms with van der Waals surface area (Å²) in [6.07, 6.45) is 9.49. The fourth-order valence-electron chi connectivity index (χ4n) is 3.22. The zero-order valence-electron chi connectivity index (χ0n) is 13.8. The molecule has 2 N–H and O–H groups in total. The summed E-state index contributed by atoms with van der Waals surface area (Å²) in [6, 6.07) is 3.03. The van der Waals surface area contributed by atoms with E-state index in [-0.39, 0.29) is 12.0 Å². The molecule has 0 aliphatic heterocycles. The smallest absolute Gasteiger partial charge is 0.0762 e. The van der Waals surface area contributed by atoms with Crippen LogP contribution in [0.4, 0.5) is 0 Å². The molecule has 0 amide bonds. The second-order valence-electron chi connectivity index (χ2n) is 7.39. The highest BCUT2D eigenvalue weighted by Gasteiger charge is 2.24. The minimum atomic E-state index is 0.147. The average molecular weight is 293 g/mol. The summed E-state index contributed by atoms with van der Waals surface area (Å²) < 4.78 is 2.16. The minimum absolute atomic E-state index is 0.147. The monoisotopic (exact) mass is 293 g/mol. The molecule has 0 saturated heterocycles. The molecule has 2 rings (SSSR count). The van der Waals surface area contributed by atoms with Gasteiger partial charge in [0.2, 0.25) is 0 Å². The topological polar surface area (TPSA) is 50.1 Å². The second kappa shape index (κ2) is 7.41. The normalized spacial score (nSPS) is 18.9. The van der Waals surface area contributed by atoms with Gasteiger partial charge < -0.3 is 10.4 Å². The van der Waals surface area contributed by atoms with E-state index in [1.165, 1.54) is 32.1 Å². The van der Waals surface area contributed by atoms with Crippen molar-refractivity contribution >= 4 is 0 Å². The molecule has 0 aromatic carbocycles. The molecule has 21 heavy (non-hydrogen) atoms. The molecule has 1 fully saturated rings. The first-order valence-electron chi connectivity index (χ1n) is 8.39. The summed E-state index contributed by atoms with van der Waals surface area (Å²) in [5, 5.41) is 17.5. The SMILES string of the molecule is CC(C)(C)C(CCO)NCc1ccn(C2CCCCC2)n1. The number of aliphatic hydroxyl groups is 1. The Labute approximate surface area is 128 Å². The molecule has 1 aromatic rings. The van der Waals surface area contributed by atoms with Crippen LogP contribution in [0.5, 0.6) is 0 Å². The van der Waals surface area contributed by atoms with E-state index >= 15 is 0 Å². The van der Waals surface area contributed by atoms with Crippen LogP contribution in [0.1, 0.15) is 71.0 Å².